The quantitative estimate of drug-likeness (QED) is 0.679. The highest BCUT2D eigenvalue weighted by molar-refractivity contribution is 5.88. The average Bonchev–Trinajstić information content (AvgIpc) is 2.40. The zero-order valence-electron chi connectivity index (χ0n) is 8.91. The van der Waals surface area contributed by atoms with Crippen molar-refractivity contribution in [3.63, 3.8) is 0 Å². The van der Waals surface area contributed by atoms with Crippen LogP contribution >= 0.6 is 0 Å². The van der Waals surface area contributed by atoms with Gasteiger partial charge in [-0.15, -0.1) is 0 Å². The van der Waals surface area contributed by atoms with Gasteiger partial charge in [-0.1, -0.05) is 0 Å². The molecule has 0 unspecified atom stereocenters. The third-order valence-electron chi connectivity index (χ3n) is 2.53. The van der Waals surface area contributed by atoms with Crippen LogP contribution in [0.1, 0.15) is 0 Å². The van der Waals surface area contributed by atoms with Gasteiger partial charge in [0.15, 0.2) is 5.65 Å². The Morgan fingerprint density at radius 1 is 0.941 bits per heavy atom. The van der Waals surface area contributed by atoms with Crippen molar-refractivity contribution in [1.29, 1.82) is 0 Å². The summed E-state index contributed by atoms with van der Waals surface area (Å²) in [6, 6.07) is 5.78. The second-order valence-corrected chi connectivity index (χ2v) is 3.59. The molecular weight excluding hydrogens is 214 g/mol. The molecule has 0 aliphatic carbocycles. The molecule has 0 aliphatic rings. The lowest BCUT2D eigenvalue weighted by Gasteiger charge is -2.03. The molecule has 3 heterocycles. The summed E-state index contributed by atoms with van der Waals surface area (Å²) in [5.41, 5.74) is 8.42. The molecule has 0 spiro atoms. The Balaban J connectivity index is 2.23. The normalized spacial score (nSPS) is 10.6. The molecule has 0 aliphatic heterocycles. The van der Waals surface area contributed by atoms with Crippen LogP contribution in [0, 0.1) is 0 Å². The second kappa shape index (κ2) is 3.79. The Kier molecular flexibility index (Phi) is 2.15. The molecule has 0 fully saturated rings. The summed E-state index contributed by atoms with van der Waals surface area (Å²) in [5, 5.41) is 0.766. The largest absolute Gasteiger partial charge is 0.383 e. The van der Waals surface area contributed by atoms with E-state index in [9.17, 15) is 0 Å². The molecule has 0 saturated carbocycles. The molecular formula is C12H9N5. The molecule has 5 heteroatoms. The molecule has 0 bridgehead atoms. The number of fused-ring (bicyclic) bond motifs is 1. The molecule has 0 aromatic carbocycles. The minimum atomic E-state index is 0.443. The monoisotopic (exact) mass is 223 g/mol. The first-order valence-electron chi connectivity index (χ1n) is 5.11. The van der Waals surface area contributed by atoms with Crippen LogP contribution in [0.15, 0.2) is 43.1 Å². The van der Waals surface area contributed by atoms with E-state index in [0.717, 1.165) is 16.5 Å². The summed E-state index contributed by atoms with van der Waals surface area (Å²) >= 11 is 0. The maximum atomic E-state index is 5.80. The number of hydrogen-bond acceptors (Lipinski definition) is 5. The molecule has 17 heavy (non-hydrogen) atoms. The highest BCUT2D eigenvalue weighted by atomic mass is 14.9. The van der Waals surface area contributed by atoms with Gasteiger partial charge in [-0.25, -0.2) is 15.0 Å². The molecule has 5 nitrogen and oxygen atoms in total. The van der Waals surface area contributed by atoms with Gasteiger partial charge in [0, 0.05) is 24.2 Å². The van der Waals surface area contributed by atoms with Gasteiger partial charge in [0.25, 0.3) is 0 Å². The van der Waals surface area contributed by atoms with E-state index in [4.69, 9.17) is 5.73 Å². The Labute approximate surface area is 97.4 Å². The van der Waals surface area contributed by atoms with Crippen molar-refractivity contribution in [3.05, 3.63) is 43.1 Å². The Morgan fingerprint density at radius 3 is 2.59 bits per heavy atom. The zero-order valence-corrected chi connectivity index (χ0v) is 8.91. The van der Waals surface area contributed by atoms with Crippen LogP contribution in [-0.2, 0) is 0 Å². The van der Waals surface area contributed by atoms with E-state index >= 15 is 0 Å². The minimum Gasteiger partial charge on any atom is -0.383 e. The van der Waals surface area contributed by atoms with E-state index in [2.05, 4.69) is 19.9 Å². The molecule has 3 aromatic rings. The van der Waals surface area contributed by atoms with E-state index in [0.29, 0.717) is 11.5 Å². The predicted molar refractivity (Wildman–Crippen MR) is 65.0 cm³/mol. The van der Waals surface area contributed by atoms with Gasteiger partial charge in [-0.3, -0.25) is 4.98 Å². The van der Waals surface area contributed by atoms with Gasteiger partial charge < -0.3 is 5.73 Å². The number of nitrogen functional groups attached to an aromatic ring is 1. The molecule has 3 aromatic heterocycles. The minimum absolute atomic E-state index is 0.443. The number of nitrogens with zero attached hydrogens (tertiary/aromatic N) is 4. The maximum Gasteiger partial charge on any atom is 0.164 e. The van der Waals surface area contributed by atoms with Crippen molar-refractivity contribution in [2.24, 2.45) is 0 Å². The van der Waals surface area contributed by atoms with E-state index < -0.39 is 0 Å². The molecule has 0 radical (unpaired) electrons. The van der Waals surface area contributed by atoms with E-state index in [-0.39, 0.29) is 0 Å². The predicted octanol–water partition coefficient (Wildman–Crippen LogP) is 1.67. The van der Waals surface area contributed by atoms with Crippen LogP contribution in [0.3, 0.4) is 0 Å². The first kappa shape index (κ1) is 9.65. The summed E-state index contributed by atoms with van der Waals surface area (Å²) in [7, 11) is 0. The fourth-order valence-electron chi connectivity index (χ4n) is 1.67. The van der Waals surface area contributed by atoms with Crippen molar-refractivity contribution in [2.45, 2.75) is 0 Å². The van der Waals surface area contributed by atoms with Crippen LogP contribution in [0.2, 0.25) is 0 Å². The van der Waals surface area contributed by atoms with Crippen LogP contribution < -0.4 is 5.73 Å². The molecule has 2 N–H and O–H groups in total. The van der Waals surface area contributed by atoms with Crippen molar-refractivity contribution in [3.8, 4) is 11.1 Å². The van der Waals surface area contributed by atoms with Gasteiger partial charge in [0.2, 0.25) is 0 Å². The van der Waals surface area contributed by atoms with Crippen molar-refractivity contribution >= 4 is 16.9 Å². The smallest absolute Gasteiger partial charge is 0.164 e. The lowest BCUT2D eigenvalue weighted by molar-refractivity contribution is 1.19. The van der Waals surface area contributed by atoms with Crippen molar-refractivity contribution in [2.75, 3.05) is 5.73 Å². The highest BCUT2D eigenvalue weighted by Crippen LogP contribution is 2.23. The maximum absolute atomic E-state index is 5.80. The Morgan fingerprint density at radius 2 is 1.76 bits per heavy atom. The van der Waals surface area contributed by atoms with Crippen molar-refractivity contribution in [1.82, 2.24) is 19.9 Å². The van der Waals surface area contributed by atoms with Gasteiger partial charge in [0.05, 0.1) is 5.39 Å². The average molecular weight is 223 g/mol. The van der Waals surface area contributed by atoms with E-state index in [1.54, 1.807) is 18.6 Å². The molecule has 0 atom stereocenters. The first-order chi connectivity index (χ1) is 8.34. The van der Waals surface area contributed by atoms with Gasteiger partial charge in [0.1, 0.15) is 12.1 Å². The number of aromatic nitrogens is 4. The summed E-state index contributed by atoms with van der Waals surface area (Å²) < 4.78 is 0. The van der Waals surface area contributed by atoms with Crippen LogP contribution in [0.25, 0.3) is 22.2 Å². The number of hydrogen-bond donors (Lipinski definition) is 1. The Hall–Kier alpha value is -2.56. The van der Waals surface area contributed by atoms with Crippen LogP contribution in [-0.4, -0.2) is 19.9 Å². The van der Waals surface area contributed by atoms with Gasteiger partial charge in [-0.2, -0.15) is 0 Å². The molecule has 0 amide bonds. The molecule has 3 rings (SSSR count). The van der Waals surface area contributed by atoms with Gasteiger partial charge in [-0.05, 0) is 23.8 Å². The molecule has 0 saturated heterocycles. The van der Waals surface area contributed by atoms with Gasteiger partial charge >= 0.3 is 0 Å². The third-order valence-corrected chi connectivity index (χ3v) is 2.53. The highest BCUT2D eigenvalue weighted by Gasteiger charge is 2.04. The SMILES string of the molecule is Nc1ncnc2ncc(-c3ccncc3)cc12. The fourth-order valence-corrected chi connectivity index (χ4v) is 1.67. The Bertz CT molecular complexity index is 666. The lowest BCUT2D eigenvalue weighted by atomic mass is 10.1. The summed E-state index contributed by atoms with van der Waals surface area (Å²) in [6.45, 7) is 0. The number of pyridine rings is 2. The lowest BCUT2D eigenvalue weighted by Crippen LogP contribution is -1.95. The van der Waals surface area contributed by atoms with Crippen LogP contribution in [0.4, 0.5) is 5.82 Å². The van der Waals surface area contributed by atoms with E-state index in [1.807, 2.05) is 18.2 Å². The first-order valence-corrected chi connectivity index (χ1v) is 5.11. The number of nitrogens with two attached hydrogens (primary N) is 1. The number of rotatable bonds is 1. The topological polar surface area (TPSA) is 77.6 Å². The van der Waals surface area contributed by atoms with Crippen molar-refractivity contribution < 1.29 is 0 Å². The molecule has 82 valence electrons. The van der Waals surface area contributed by atoms with Crippen LogP contribution in [0.5, 0.6) is 0 Å². The number of anilines is 1. The zero-order chi connectivity index (χ0) is 11.7. The van der Waals surface area contributed by atoms with E-state index in [1.165, 1.54) is 6.33 Å². The fraction of sp³-hybridized carbons (Fsp3) is 0. The summed E-state index contributed by atoms with van der Waals surface area (Å²) in [4.78, 5) is 16.3. The summed E-state index contributed by atoms with van der Waals surface area (Å²) in [6.07, 6.45) is 6.66. The third kappa shape index (κ3) is 1.67. The standard InChI is InChI=1S/C12H9N5/c13-11-10-5-9(8-1-3-14-4-2-8)6-15-12(10)17-7-16-11/h1-7H,(H2,13,15,16,17). The second-order valence-electron chi connectivity index (χ2n) is 3.59. The summed E-state index contributed by atoms with van der Waals surface area (Å²) in [5.74, 6) is 0.443.